The van der Waals surface area contributed by atoms with Gasteiger partial charge < -0.3 is 9.57 Å². The van der Waals surface area contributed by atoms with Crippen molar-refractivity contribution in [2.24, 2.45) is 10.1 Å². The number of nitrogens with zero attached hydrogens (tertiary/aromatic N) is 2. The molecule has 2 heterocycles. The molecular weight excluding hydrogens is 335 g/mol. The van der Waals surface area contributed by atoms with E-state index in [0.717, 1.165) is 16.8 Å². The molecule has 23 heavy (non-hydrogen) atoms. The zero-order valence-electron chi connectivity index (χ0n) is 12.0. The SMILES string of the molecule is Clc1cccc(C2=NOC3(COC(c4cccc(Cl)c4)=N3)C2)c1. The normalized spacial score (nSPS) is 22.5. The molecule has 0 radical (unpaired) electrons. The average Bonchev–Trinajstić information content (AvgIpc) is 3.15. The van der Waals surface area contributed by atoms with E-state index in [2.05, 4.69) is 10.1 Å². The molecule has 116 valence electrons. The van der Waals surface area contributed by atoms with Crippen LogP contribution in [0.1, 0.15) is 17.5 Å². The van der Waals surface area contributed by atoms with Crippen LogP contribution < -0.4 is 0 Å². The lowest BCUT2D eigenvalue weighted by molar-refractivity contribution is -0.0277. The molecule has 1 atom stereocenters. The van der Waals surface area contributed by atoms with Crippen LogP contribution in [0.25, 0.3) is 0 Å². The van der Waals surface area contributed by atoms with Gasteiger partial charge in [0.1, 0.15) is 0 Å². The van der Waals surface area contributed by atoms with Crippen molar-refractivity contribution >= 4 is 34.8 Å². The highest BCUT2D eigenvalue weighted by Gasteiger charge is 2.45. The lowest BCUT2D eigenvalue weighted by Crippen LogP contribution is -2.28. The van der Waals surface area contributed by atoms with Crippen LogP contribution in [-0.4, -0.2) is 23.9 Å². The molecule has 6 heteroatoms. The first-order valence-corrected chi connectivity index (χ1v) is 7.89. The van der Waals surface area contributed by atoms with E-state index in [1.54, 1.807) is 0 Å². The molecule has 1 unspecified atom stereocenters. The van der Waals surface area contributed by atoms with Gasteiger partial charge in [-0.25, -0.2) is 0 Å². The second-order valence-corrected chi connectivity index (χ2v) is 6.35. The Labute approximate surface area is 143 Å². The van der Waals surface area contributed by atoms with Crippen LogP contribution in [0.4, 0.5) is 0 Å². The Bertz CT molecular complexity index is 835. The Morgan fingerprint density at radius 1 is 0.957 bits per heavy atom. The smallest absolute Gasteiger partial charge is 0.269 e. The van der Waals surface area contributed by atoms with Crippen molar-refractivity contribution < 1.29 is 9.57 Å². The maximum atomic E-state index is 6.03. The summed E-state index contributed by atoms with van der Waals surface area (Å²) in [6.07, 6.45) is 0.539. The van der Waals surface area contributed by atoms with Gasteiger partial charge in [-0.1, -0.05) is 46.6 Å². The molecule has 2 aliphatic rings. The van der Waals surface area contributed by atoms with Gasteiger partial charge in [-0.2, -0.15) is 4.99 Å². The summed E-state index contributed by atoms with van der Waals surface area (Å²) < 4.78 is 5.71. The third-order valence-electron chi connectivity index (χ3n) is 3.74. The Morgan fingerprint density at radius 2 is 1.65 bits per heavy atom. The van der Waals surface area contributed by atoms with E-state index in [1.165, 1.54) is 0 Å². The van der Waals surface area contributed by atoms with Gasteiger partial charge in [0.2, 0.25) is 5.90 Å². The lowest BCUT2D eigenvalue weighted by atomic mass is 10.0. The molecule has 0 saturated heterocycles. The van der Waals surface area contributed by atoms with E-state index in [9.17, 15) is 0 Å². The van der Waals surface area contributed by atoms with Crippen molar-refractivity contribution in [2.45, 2.75) is 12.1 Å². The first-order valence-electron chi connectivity index (χ1n) is 7.13. The average molecular weight is 347 g/mol. The van der Waals surface area contributed by atoms with Gasteiger partial charge >= 0.3 is 0 Å². The highest BCUT2D eigenvalue weighted by Crippen LogP contribution is 2.34. The Balaban J connectivity index is 1.58. The van der Waals surface area contributed by atoms with Crippen LogP contribution in [0.3, 0.4) is 0 Å². The lowest BCUT2D eigenvalue weighted by Gasteiger charge is -2.13. The molecule has 0 fully saturated rings. The summed E-state index contributed by atoms with van der Waals surface area (Å²) in [7, 11) is 0. The molecule has 1 spiro atoms. The zero-order valence-corrected chi connectivity index (χ0v) is 13.5. The van der Waals surface area contributed by atoms with Crippen LogP contribution >= 0.6 is 23.2 Å². The van der Waals surface area contributed by atoms with E-state index >= 15 is 0 Å². The van der Waals surface area contributed by atoms with E-state index in [1.807, 2.05) is 48.5 Å². The topological polar surface area (TPSA) is 43.2 Å². The Kier molecular flexibility index (Phi) is 3.51. The molecule has 2 aromatic carbocycles. The van der Waals surface area contributed by atoms with Gasteiger partial charge in [0.25, 0.3) is 5.72 Å². The van der Waals surface area contributed by atoms with Gasteiger partial charge in [-0.3, -0.25) is 0 Å². The Morgan fingerprint density at radius 3 is 2.39 bits per heavy atom. The second-order valence-electron chi connectivity index (χ2n) is 5.48. The minimum Gasteiger partial charge on any atom is -0.471 e. The van der Waals surface area contributed by atoms with E-state index in [-0.39, 0.29) is 0 Å². The predicted molar refractivity (Wildman–Crippen MR) is 90.4 cm³/mol. The number of benzene rings is 2. The summed E-state index contributed by atoms with van der Waals surface area (Å²) in [5.41, 5.74) is 1.78. The molecular formula is C17H12Cl2N2O2. The number of aliphatic imine (C=N–C) groups is 1. The summed E-state index contributed by atoms with van der Waals surface area (Å²) in [5, 5.41) is 5.47. The summed E-state index contributed by atoms with van der Waals surface area (Å²) in [6.45, 7) is 0.322. The predicted octanol–water partition coefficient (Wildman–Crippen LogP) is 4.29. The molecule has 2 aromatic rings. The first-order chi connectivity index (χ1) is 11.1. The molecule has 0 amide bonds. The summed E-state index contributed by atoms with van der Waals surface area (Å²) in [6, 6.07) is 14.9. The van der Waals surface area contributed by atoms with Crippen LogP contribution in [-0.2, 0) is 9.57 Å². The fourth-order valence-corrected chi connectivity index (χ4v) is 3.01. The van der Waals surface area contributed by atoms with Gasteiger partial charge in [-0.05, 0) is 30.3 Å². The first kappa shape index (κ1) is 14.5. The molecule has 0 bridgehead atoms. The zero-order chi connectivity index (χ0) is 15.9. The van der Waals surface area contributed by atoms with Crippen LogP contribution in [0.15, 0.2) is 58.7 Å². The van der Waals surface area contributed by atoms with Crippen LogP contribution in [0.2, 0.25) is 10.0 Å². The van der Waals surface area contributed by atoms with Crippen molar-refractivity contribution in [3.05, 3.63) is 69.7 Å². The molecule has 0 saturated carbocycles. The molecule has 0 aromatic heterocycles. The largest absolute Gasteiger partial charge is 0.471 e. The maximum absolute atomic E-state index is 6.03. The number of oxime groups is 1. The summed E-state index contributed by atoms with van der Waals surface area (Å²) in [4.78, 5) is 10.2. The van der Waals surface area contributed by atoms with Crippen LogP contribution in [0, 0.1) is 0 Å². The Hall–Kier alpha value is -2.04. The van der Waals surface area contributed by atoms with Crippen molar-refractivity contribution in [1.29, 1.82) is 0 Å². The molecule has 2 aliphatic heterocycles. The van der Waals surface area contributed by atoms with Crippen molar-refractivity contribution in [1.82, 2.24) is 0 Å². The standard InChI is InChI=1S/C17H12Cl2N2O2/c18-13-5-1-3-11(7-13)15-9-17(23-21-15)10-22-16(20-17)12-4-2-6-14(19)8-12/h1-8H,9-10H2. The maximum Gasteiger partial charge on any atom is 0.269 e. The minimum absolute atomic E-state index is 0.322. The third-order valence-corrected chi connectivity index (χ3v) is 4.21. The van der Waals surface area contributed by atoms with Crippen molar-refractivity contribution in [3.8, 4) is 0 Å². The molecule has 4 nitrogen and oxygen atoms in total. The van der Waals surface area contributed by atoms with E-state index in [4.69, 9.17) is 32.8 Å². The quantitative estimate of drug-likeness (QED) is 0.813. The van der Waals surface area contributed by atoms with Gasteiger partial charge in [0.05, 0.1) is 12.1 Å². The van der Waals surface area contributed by atoms with Crippen molar-refractivity contribution in [3.63, 3.8) is 0 Å². The van der Waals surface area contributed by atoms with E-state index in [0.29, 0.717) is 29.0 Å². The molecule has 0 N–H and O–H groups in total. The highest BCUT2D eigenvalue weighted by molar-refractivity contribution is 6.31. The monoisotopic (exact) mass is 346 g/mol. The summed E-state index contributed by atoms with van der Waals surface area (Å²) in [5.74, 6) is 0.523. The second kappa shape index (κ2) is 5.55. The summed E-state index contributed by atoms with van der Waals surface area (Å²) >= 11 is 12.0. The fourth-order valence-electron chi connectivity index (χ4n) is 2.63. The highest BCUT2D eigenvalue weighted by atomic mass is 35.5. The van der Waals surface area contributed by atoms with Crippen molar-refractivity contribution in [2.75, 3.05) is 6.61 Å². The molecule has 0 aliphatic carbocycles. The number of halogens is 2. The van der Waals surface area contributed by atoms with Crippen LogP contribution in [0.5, 0.6) is 0 Å². The number of hydrogen-bond acceptors (Lipinski definition) is 4. The van der Waals surface area contributed by atoms with Gasteiger partial charge in [0.15, 0.2) is 6.61 Å². The number of hydrogen-bond donors (Lipinski definition) is 0. The third kappa shape index (κ3) is 2.80. The van der Waals surface area contributed by atoms with E-state index < -0.39 is 5.72 Å². The van der Waals surface area contributed by atoms with Gasteiger partial charge in [0, 0.05) is 21.2 Å². The number of rotatable bonds is 2. The molecule has 4 rings (SSSR count). The number of ether oxygens (including phenoxy) is 1. The van der Waals surface area contributed by atoms with Gasteiger partial charge in [-0.15, -0.1) is 0 Å². The minimum atomic E-state index is -0.796. The fraction of sp³-hybridized carbons (Fsp3) is 0.176.